The SMILES string of the molecule is C=C(O)/C(=C\C(C)Oc1c(CC(=O)OCC)cccc1OC)B1OC(C)(C)C(C)(C)O1. The van der Waals surface area contributed by atoms with Gasteiger partial charge in [0.25, 0.3) is 0 Å². The molecule has 1 fully saturated rings. The van der Waals surface area contributed by atoms with Crippen LogP contribution >= 0.6 is 0 Å². The molecule has 0 saturated carbocycles. The fourth-order valence-electron chi connectivity index (χ4n) is 3.12. The first-order valence-corrected chi connectivity index (χ1v) is 10.4. The first-order chi connectivity index (χ1) is 14.4. The van der Waals surface area contributed by atoms with Crippen LogP contribution in [-0.2, 0) is 25.3 Å². The molecule has 1 aromatic carbocycles. The van der Waals surface area contributed by atoms with E-state index in [2.05, 4.69) is 6.58 Å². The maximum absolute atomic E-state index is 12.0. The Labute approximate surface area is 185 Å². The molecule has 1 unspecified atom stereocenters. The summed E-state index contributed by atoms with van der Waals surface area (Å²) in [7, 11) is 0.743. The average Bonchev–Trinajstić information content (AvgIpc) is 2.88. The first-order valence-electron chi connectivity index (χ1n) is 10.4. The molecule has 1 aliphatic heterocycles. The Morgan fingerprint density at radius 1 is 1.26 bits per heavy atom. The van der Waals surface area contributed by atoms with E-state index in [0.29, 0.717) is 29.1 Å². The summed E-state index contributed by atoms with van der Waals surface area (Å²) < 4.78 is 28.7. The zero-order valence-electron chi connectivity index (χ0n) is 19.5. The van der Waals surface area contributed by atoms with Gasteiger partial charge in [0.2, 0.25) is 0 Å². The van der Waals surface area contributed by atoms with Crippen LogP contribution in [0, 0.1) is 0 Å². The highest BCUT2D eigenvalue weighted by atomic mass is 16.7. The fraction of sp³-hybridized carbons (Fsp3) is 0.522. The lowest BCUT2D eigenvalue weighted by molar-refractivity contribution is -0.142. The van der Waals surface area contributed by atoms with Gasteiger partial charge >= 0.3 is 13.1 Å². The molecule has 1 saturated heterocycles. The second-order valence-electron chi connectivity index (χ2n) is 8.41. The quantitative estimate of drug-likeness (QED) is 0.271. The van der Waals surface area contributed by atoms with Crippen LogP contribution in [0.25, 0.3) is 0 Å². The van der Waals surface area contributed by atoms with Gasteiger partial charge in [0, 0.05) is 11.0 Å². The summed E-state index contributed by atoms with van der Waals surface area (Å²) >= 11 is 0. The van der Waals surface area contributed by atoms with Crippen LogP contribution in [0.5, 0.6) is 11.5 Å². The molecule has 31 heavy (non-hydrogen) atoms. The highest BCUT2D eigenvalue weighted by Crippen LogP contribution is 2.40. The van der Waals surface area contributed by atoms with Gasteiger partial charge in [-0.1, -0.05) is 18.7 Å². The Hall–Kier alpha value is -2.45. The van der Waals surface area contributed by atoms with Crippen LogP contribution in [-0.4, -0.2) is 49.2 Å². The largest absolute Gasteiger partial charge is 0.509 e. The van der Waals surface area contributed by atoms with Crippen LogP contribution in [0.3, 0.4) is 0 Å². The predicted molar refractivity (Wildman–Crippen MR) is 119 cm³/mol. The predicted octanol–water partition coefficient (Wildman–Crippen LogP) is 4.20. The maximum Gasteiger partial charge on any atom is 0.498 e. The van der Waals surface area contributed by atoms with Crippen molar-refractivity contribution in [3.63, 3.8) is 0 Å². The third kappa shape index (κ3) is 5.83. The number of para-hydroxylation sites is 1. The van der Waals surface area contributed by atoms with Crippen LogP contribution in [0.2, 0.25) is 0 Å². The van der Waals surface area contributed by atoms with Crippen molar-refractivity contribution in [3.8, 4) is 11.5 Å². The highest BCUT2D eigenvalue weighted by Gasteiger charge is 2.53. The second-order valence-corrected chi connectivity index (χ2v) is 8.41. The Kier molecular flexibility index (Phi) is 7.84. The number of aliphatic hydroxyl groups is 1. The van der Waals surface area contributed by atoms with Crippen molar-refractivity contribution in [2.24, 2.45) is 0 Å². The Morgan fingerprint density at radius 2 is 1.87 bits per heavy atom. The first kappa shape index (κ1) is 24.8. The third-order valence-electron chi connectivity index (χ3n) is 5.48. The molecule has 1 atom stereocenters. The standard InChI is InChI=1S/C23H33BO7/c1-9-28-20(26)14-17-11-10-12-19(27-8)21(17)29-15(2)13-18(16(3)25)24-30-22(4,5)23(6,7)31-24/h10-13,15,25H,3,9,14H2,1-2,4-8H3/b18-13+. The molecule has 170 valence electrons. The molecule has 0 aliphatic carbocycles. The van der Waals surface area contributed by atoms with Gasteiger partial charge in [-0.15, -0.1) is 0 Å². The molecule has 7 nitrogen and oxygen atoms in total. The van der Waals surface area contributed by atoms with Crippen molar-refractivity contribution in [1.29, 1.82) is 0 Å². The van der Waals surface area contributed by atoms with Gasteiger partial charge in [-0.3, -0.25) is 4.79 Å². The van der Waals surface area contributed by atoms with E-state index in [1.165, 1.54) is 7.11 Å². The fourth-order valence-corrected chi connectivity index (χ4v) is 3.12. The van der Waals surface area contributed by atoms with Crippen LogP contribution in [0.4, 0.5) is 0 Å². The Morgan fingerprint density at radius 3 is 2.39 bits per heavy atom. The topological polar surface area (TPSA) is 83.5 Å². The lowest BCUT2D eigenvalue weighted by Crippen LogP contribution is -2.41. The highest BCUT2D eigenvalue weighted by molar-refractivity contribution is 6.56. The van der Waals surface area contributed by atoms with E-state index in [9.17, 15) is 9.90 Å². The maximum atomic E-state index is 12.0. The van der Waals surface area contributed by atoms with E-state index in [1.807, 2.05) is 27.7 Å². The number of esters is 1. The molecular weight excluding hydrogens is 399 g/mol. The zero-order chi connectivity index (χ0) is 23.4. The van der Waals surface area contributed by atoms with Crippen LogP contribution in [0.1, 0.15) is 47.1 Å². The van der Waals surface area contributed by atoms with E-state index >= 15 is 0 Å². The van der Waals surface area contributed by atoms with Gasteiger partial charge in [-0.05, 0) is 53.7 Å². The Bertz CT molecular complexity index is 828. The lowest BCUT2D eigenvalue weighted by Gasteiger charge is -2.32. The van der Waals surface area contributed by atoms with Gasteiger partial charge in [0.15, 0.2) is 11.5 Å². The van der Waals surface area contributed by atoms with Crippen molar-refractivity contribution in [3.05, 3.63) is 47.6 Å². The zero-order valence-corrected chi connectivity index (χ0v) is 19.5. The number of benzene rings is 1. The molecule has 0 amide bonds. The van der Waals surface area contributed by atoms with Crippen molar-refractivity contribution in [2.45, 2.75) is 65.3 Å². The summed E-state index contributed by atoms with van der Waals surface area (Å²) in [6.45, 7) is 15.2. The number of allylic oxidation sites excluding steroid dienone is 1. The number of carbonyl (C=O) groups is 1. The van der Waals surface area contributed by atoms with E-state index < -0.39 is 24.4 Å². The Balaban J connectivity index is 2.30. The minimum atomic E-state index is -0.787. The number of hydrogen-bond donors (Lipinski definition) is 1. The molecule has 0 aromatic heterocycles. The van der Waals surface area contributed by atoms with Crippen molar-refractivity contribution >= 4 is 13.1 Å². The molecule has 0 bridgehead atoms. The molecule has 1 heterocycles. The number of hydrogen-bond acceptors (Lipinski definition) is 7. The van der Waals surface area contributed by atoms with Gasteiger partial charge in [0.1, 0.15) is 11.9 Å². The van der Waals surface area contributed by atoms with Crippen LogP contribution < -0.4 is 9.47 Å². The molecule has 1 N–H and O–H groups in total. The van der Waals surface area contributed by atoms with E-state index in [1.54, 1.807) is 38.1 Å². The summed E-state index contributed by atoms with van der Waals surface area (Å²) in [6.07, 6.45) is 1.22. The number of methoxy groups -OCH3 is 1. The van der Waals surface area contributed by atoms with Gasteiger partial charge in [-0.25, -0.2) is 0 Å². The monoisotopic (exact) mass is 432 g/mol. The summed E-state index contributed by atoms with van der Waals surface area (Å²) in [5, 5.41) is 10.2. The molecule has 2 rings (SSSR count). The minimum absolute atomic E-state index is 0.0492. The lowest BCUT2D eigenvalue weighted by atomic mass is 9.76. The van der Waals surface area contributed by atoms with Crippen LogP contribution in [0.15, 0.2) is 42.1 Å². The normalized spacial score (nSPS) is 18.4. The molecule has 8 heteroatoms. The van der Waals surface area contributed by atoms with Gasteiger partial charge in [-0.2, -0.15) is 0 Å². The van der Waals surface area contributed by atoms with Crippen molar-refractivity contribution in [1.82, 2.24) is 0 Å². The summed E-state index contributed by atoms with van der Waals surface area (Å²) in [6, 6.07) is 5.32. The van der Waals surface area contributed by atoms with Crippen molar-refractivity contribution in [2.75, 3.05) is 13.7 Å². The second kappa shape index (κ2) is 9.79. The molecular formula is C23H33BO7. The average molecular weight is 432 g/mol. The number of ether oxygens (including phenoxy) is 3. The number of aliphatic hydroxyl groups excluding tert-OH is 1. The molecule has 1 aromatic rings. The summed E-state index contributed by atoms with van der Waals surface area (Å²) in [4.78, 5) is 12.0. The van der Waals surface area contributed by atoms with E-state index in [-0.39, 0.29) is 18.1 Å². The number of carbonyl (C=O) groups excluding carboxylic acids is 1. The van der Waals surface area contributed by atoms with Gasteiger partial charge in [0.05, 0.1) is 31.3 Å². The summed E-state index contributed by atoms with van der Waals surface area (Å²) in [5.41, 5.74) is -0.108. The van der Waals surface area contributed by atoms with Gasteiger partial charge < -0.3 is 28.6 Å². The number of rotatable bonds is 9. The molecule has 0 spiro atoms. The molecule has 1 aliphatic rings. The van der Waals surface area contributed by atoms with E-state index in [4.69, 9.17) is 23.5 Å². The van der Waals surface area contributed by atoms with E-state index in [0.717, 1.165) is 0 Å². The smallest absolute Gasteiger partial charge is 0.498 e. The summed E-state index contributed by atoms with van der Waals surface area (Å²) in [5.74, 6) is 0.395. The van der Waals surface area contributed by atoms with Crippen molar-refractivity contribution < 1.29 is 33.4 Å². The minimum Gasteiger partial charge on any atom is -0.509 e. The molecule has 0 radical (unpaired) electrons. The third-order valence-corrected chi connectivity index (χ3v) is 5.48.